The second-order valence-electron chi connectivity index (χ2n) is 8.18. The van der Waals surface area contributed by atoms with Gasteiger partial charge in [-0.15, -0.1) is 11.6 Å². The minimum atomic E-state index is -1.60. The van der Waals surface area contributed by atoms with Crippen molar-refractivity contribution >= 4 is 23.2 Å². The molecule has 0 radical (unpaired) electrons. The maximum atomic E-state index is 12.3. The highest BCUT2D eigenvalue weighted by Crippen LogP contribution is 2.62. The lowest BCUT2D eigenvalue weighted by molar-refractivity contribution is -0.214. The lowest BCUT2D eigenvalue weighted by atomic mass is 9.48. The van der Waals surface area contributed by atoms with Crippen LogP contribution in [0.15, 0.2) is 12.2 Å². The van der Waals surface area contributed by atoms with E-state index in [4.69, 9.17) is 11.6 Å². The third-order valence-electron chi connectivity index (χ3n) is 7.43. The number of hydrogen-bond acceptors (Lipinski definition) is 4. The second-order valence-corrected chi connectivity index (χ2v) is 8.62. The summed E-state index contributed by atoms with van der Waals surface area (Å²) in [5.41, 5.74) is -3.34. The summed E-state index contributed by atoms with van der Waals surface area (Å²) in [6.07, 6.45) is 6.73. The molecule has 0 spiro atoms. The fraction of sp³-hybridized carbons (Fsp3) is 0.778. The SMILES string of the molecule is C[C@]12CC[C@H]3[C@@H](CC[C@]4(O)[C@H](Cl)C(=O)C=C[C@]34O)[C@@H]1CCC2=O. The molecule has 126 valence electrons. The fourth-order valence-electron chi connectivity index (χ4n) is 6.04. The molecule has 23 heavy (non-hydrogen) atoms. The number of ketones is 2. The van der Waals surface area contributed by atoms with Crippen molar-refractivity contribution < 1.29 is 19.8 Å². The van der Waals surface area contributed by atoms with Crippen molar-refractivity contribution in [1.29, 1.82) is 0 Å². The number of Topliss-reactive ketones (excluding diaryl/α,β-unsaturated/α-hetero) is 1. The Morgan fingerprint density at radius 1 is 1.13 bits per heavy atom. The van der Waals surface area contributed by atoms with Gasteiger partial charge in [0.05, 0.1) is 0 Å². The van der Waals surface area contributed by atoms with E-state index in [9.17, 15) is 19.8 Å². The van der Waals surface area contributed by atoms with Gasteiger partial charge in [-0.25, -0.2) is 0 Å². The molecule has 0 aromatic rings. The van der Waals surface area contributed by atoms with Crippen LogP contribution in [0, 0.1) is 23.2 Å². The number of alkyl halides is 1. The van der Waals surface area contributed by atoms with E-state index in [1.165, 1.54) is 12.2 Å². The molecular formula is C18H23ClO4. The van der Waals surface area contributed by atoms with Gasteiger partial charge in [0.15, 0.2) is 5.78 Å². The third kappa shape index (κ3) is 1.75. The summed E-state index contributed by atoms with van der Waals surface area (Å²) in [5.74, 6) is 0.331. The van der Waals surface area contributed by atoms with Gasteiger partial charge in [0.25, 0.3) is 0 Å². The lowest BCUT2D eigenvalue weighted by Gasteiger charge is -2.60. The monoisotopic (exact) mass is 338 g/mol. The number of allylic oxidation sites excluding steroid dienone is 1. The van der Waals surface area contributed by atoms with Crippen molar-refractivity contribution in [2.75, 3.05) is 0 Å². The number of carbonyl (C=O) groups is 2. The van der Waals surface area contributed by atoms with E-state index < -0.39 is 16.6 Å². The van der Waals surface area contributed by atoms with Crippen LogP contribution in [-0.4, -0.2) is 38.4 Å². The highest BCUT2D eigenvalue weighted by atomic mass is 35.5. The van der Waals surface area contributed by atoms with Crippen molar-refractivity contribution in [3.05, 3.63) is 12.2 Å². The molecule has 0 heterocycles. The molecule has 5 heteroatoms. The van der Waals surface area contributed by atoms with Crippen LogP contribution < -0.4 is 0 Å². The molecule has 3 saturated carbocycles. The molecule has 0 saturated heterocycles. The van der Waals surface area contributed by atoms with Gasteiger partial charge in [-0.3, -0.25) is 9.59 Å². The van der Waals surface area contributed by atoms with Crippen molar-refractivity contribution in [3.8, 4) is 0 Å². The van der Waals surface area contributed by atoms with Gasteiger partial charge in [-0.1, -0.05) is 6.92 Å². The average Bonchev–Trinajstić information content (AvgIpc) is 2.82. The zero-order valence-corrected chi connectivity index (χ0v) is 14.1. The van der Waals surface area contributed by atoms with Crippen LogP contribution in [0.25, 0.3) is 0 Å². The van der Waals surface area contributed by atoms with Crippen LogP contribution in [0.3, 0.4) is 0 Å². The summed E-state index contributed by atoms with van der Waals surface area (Å²) in [4.78, 5) is 24.2. The quantitative estimate of drug-likeness (QED) is 0.662. The molecule has 0 unspecified atom stereocenters. The summed E-state index contributed by atoms with van der Waals surface area (Å²) in [5, 5.41) is 21.3. The van der Waals surface area contributed by atoms with Crippen LogP contribution in [0.5, 0.6) is 0 Å². The molecule has 3 fully saturated rings. The number of rotatable bonds is 0. The molecule has 7 atom stereocenters. The maximum Gasteiger partial charge on any atom is 0.176 e. The third-order valence-corrected chi connectivity index (χ3v) is 8.01. The first-order chi connectivity index (χ1) is 10.7. The fourth-order valence-corrected chi connectivity index (χ4v) is 6.40. The lowest BCUT2D eigenvalue weighted by Crippen LogP contribution is -2.70. The molecule has 0 aromatic carbocycles. The van der Waals surface area contributed by atoms with Gasteiger partial charge in [-0.2, -0.15) is 0 Å². The van der Waals surface area contributed by atoms with Crippen LogP contribution in [0.2, 0.25) is 0 Å². The maximum absolute atomic E-state index is 12.3. The average molecular weight is 339 g/mol. The molecule has 0 aliphatic heterocycles. The Morgan fingerprint density at radius 3 is 2.61 bits per heavy atom. The number of carbonyl (C=O) groups excluding carboxylic acids is 2. The van der Waals surface area contributed by atoms with Crippen LogP contribution in [0.1, 0.15) is 45.4 Å². The molecular weight excluding hydrogens is 316 g/mol. The van der Waals surface area contributed by atoms with E-state index in [1.807, 2.05) is 0 Å². The van der Waals surface area contributed by atoms with Gasteiger partial charge in [-0.05, 0) is 62.0 Å². The van der Waals surface area contributed by atoms with Gasteiger partial charge >= 0.3 is 0 Å². The number of fused-ring (bicyclic) bond motifs is 5. The number of aliphatic hydroxyl groups is 2. The Kier molecular flexibility index (Phi) is 3.21. The Labute approximate surface area is 140 Å². The molecule has 4 rings (SSSR count). The van der Waals surface area contributed by atoms with Crippen molar-refractivity contribution in [2.45, 2.75) is 62.0 Å². The molecule has 0 aromatic heterocycles. The minimum absolute atomic E-state index is 0.143. The summed E-state index contributed by atoms with van der Waals surface area (Å²) in [7, 11) is 0. The smallest absolute Gasteiger partial charge is 0.176 e. The number of halogens is 1. The Balaban J connectivity index is 1.76. The summed E-state index contributed by atoms with van der Waals surface area (Å²) in [6, 6.07) is 0. The zero-order valence-electron chi connectivity index (χ0n) is 13.3. The summed E-state index contributed by atoms with van der Waals surface area (Å²) < 4.78 is 0. The minimum Gasteiger partial charge on any atom is -0.384 e. The van der Waals surface area contributed by atoms with E-state index in [2.05, 4.69) is 6.92 Å². The molecule has 4 aliphatic carbocycles. The van der Waals surface area contributed by atoms with Crippen LogP contribution in [-0.2, 0) is 9.59 Å². The Morgan fingerprint density at radius 2 is 1.87 bits per heavy atom. The van der Waals surface area contributed by atoms with E-state index in [1.54, 1.807) is 0 Å². The van der Waals surface area contributed by atoms with E-state index in [-0.39, 0.29) is 29.0 Å². The predicted octanol–water partition coefficient (Wildman–Crippen LogP) is 2.00. The molecule has 0 bridgehead atoms. The predicted molar refractivity (Wildman–Crippen MR) is 85.0 cm³/mol. The first-order valence-electron chi connectivity index (χ1n) is 8.59. The molecule has 2 N–H and O–H groups in total. The Hall–Kier alpha value is -0.710. The van der Waals surface area contributed by atoms with Crippen molar-refractivity contribution in [1.82, 2.24) is 0 Å². The van der Waals surface area contributed by atoms with E-state index in [0.717, 1.165) is 12.8 Å². The van der Waals surface area contributed by atoms with Crippen LogP contribution >= 0.6 is 11.6 Å². The van der Waals surface area contributed by atoms with E-state index >= 15 is 0 Å². The number of hydrogen-bond donors (Lipinski definition) is 2. The van der Waals surface area contributed by atoms with Gasteiger partial charge in [0.1, 0.15) is 22.4 Å². The zero-order chi connectivity index (χ0) is 16.6. The standard InChI is InChI=1S/C18H23ClO4/c1-16-7-5-12-10(11(16)2-3-14(16)21)4-8-18(23)15(19)13(20)6-9-17(12,18)22/h6,9-12,15,22-23H,2-5,7-8H2,1H3/t10-,11-,12-,15+,16-,17-,18-/m0/s1. The second kappa shape index (κ2) is 4.68. The molecule has 4 aliphatic rings. The van der Waals surface area contributed by atoms with Crippen molar-refractivity contribution in [3.63, 3.8) is 0 Å². The normalized spacial score (nSPS) is 55.3. The van der Waals surface area contributed by atoms with E-state index in [0.29, 0.717) is 31.5 Å². The molecule has 4 nitrogen and oxygen atoms in total. The highest BCUT2D eigenvalue weighted by molar-refractivity contribution is 6.34. The summed E-state index contributed by atoms with van der Waals surface area (Å²) >= 11 is 6.20. The first kappa shape index (κ1) is 15.8. The van der Waals surface area contributed by atoms with Gasteiger partial charge in [0.2, 0.25) is 0 Å². The summed E-state index contributed by atoms with van der Waals surface area (Å²) in [6.45, 7) is 2.07. The largest absolute Gasteiger partial charge is 0.384 e. The van der Waals surface area contributed by atoms with Gasteiger partial charge in [0, 0.05) is 11.8 Å². The van der Waals surface area contributed by atoms with Gasteiger partial charge < -0.3 is 10.2 Å². The molecule has 0 amide bonds. The van der Waals surface area contributed by atoms with Crippen LogP contribution in [0.4, 0.5) is 0 Å². The first-order valence-corrected chi connectivity index (χ1v) is 9.03. The van der Waals surface area contributed by atoms with Crippen molar-refractivity contribution in [2.24, 2.45) is 23.2 Å². The topological polar surface area (TPSA) is 74.6 Å². The highest BCUT2D eigenvalue weighted by Gasteiger charge is 2.67. The Bertz CT molecular complexity index is 616.